The molecule has 0 atom stereocenters. The summed E-state index contributed by atoms with van der Waals surface area (Å²) in [5.74, 6) is 2.03. The lowest BCUT2D eigenvalue weighted by atomic mass is 10.1. The van der Waals surface area contributed by atoms with Crippen LogP contribution in [0.15, 0.2) is 36.4 Å². The number of amides is 1. The molecule has 0 bridgehead atoms. The highest BCUT2D eigenvalue weighted by molar-refractivity contribution is 6.09. The number of carbonyl (C=O) groups is 1. The summed E-state index contributed by atoms with van der Waals surface area (Å²) in [6, 6.07) is 11.3. The molecule has 0 fully saturated rings. The molecule has 1 aliphatic rings. The Labute approximate surface area is 144 Å². The molecule has 0 saturated carbocycles. The van der Waals surface area contributed by atoms with Gasteiger partial charge in [0, 0.05) is 17.6 Å². The Balaban J connectivity index is 1.57. The number of ether oxygens (including phenoxy) is 3. The van der Waals surface area contributed by atoms with Crippen molar-refractivity contribution in [2.45, 2.75) is 13.5 Å². The fourth-order valence-electron chi connectivity index (χ4n) is 3.10. The maximum absolute atomic E-state index is 12.7. The van der Waals surface area contributed by atoms with E-state index in [-0.39, 0.29) is 12.7 Å². The van der Waals surface area contributed by atoms with E-state index < -0.39 is 0 Å². The normalized spacial score (nSPS) is 12.4. The second-order valence-corrected chi connectivity index (χ2v) is 5.88. The van der Waals surface area contributed by atoms with Crippen molar-refractivity contribution in [2.75, 3.05) is 13.9 Å². The van der Waals surface area contributed by atoms with E-state index in [1.54, 1.807) is 7.11 Å². The third-order valence-electron chi connectivity index (χ3n) is 4.32. The van der Waals surface area contributed by atoms with Crippen LogP contribution in [0.25, 0.3) is 10.9 Å². The predicted octanol–water partition coefficient (Wildman–Crippen LogP) is 3.14. The highest BCUT2D eigenvalue weighted by atomic mass is 16.7. The molecule has 1 amide bonds. The fraction of sp³-hybridized carbons (Fsp3) is 0.211. The molecule has 0 radical (unpaired) electrons. The number of aryl methyl sites for hydroxylation is 1. The smallest absolute Gasteiger partial charge is 0.253 e. The number of aromatic amines is 1. The third kappa shape index (κ3) is 2.65. The van der Waals surface area contributed by atoms with Crippen LogP contribution in [0, 0.1) is 6.92 Å². The SMILES string of the molecule is COc1cccc2c(C(=O)NCc3ccc4c(c3)OCO4)c(C)[nH]c12. The van der Waals surface area contributed by atoms with E-state index in [4.69, 9.17) is 14.2 Å². The van der Waals surface area contributed by atoms with Gasteiger partial charge in [-0.3, -0.25) is 4.79 Å². The number of nitrogens with one attached hydrogen (secondary N) is 2. The molecule has 2 heterocycles. The Hall–Kier alpha value is -3.15. The van der Waals surface area contributed by atoms with Gasteiger partial charge in [0.1, 0.15) is 5.75 Å². The molecule has 2 aromatic carbocycles. The molecule has 1 aromatic heterocycles. The molecule has 0 spiro atoms. The lowest BCUT2D eigenvalue weighted by molar-refractivity contribution is 0.0952. The molecule has 6 nitrogen and oxygen atoms in total. The van der Waals surface area contributed by atoms with Crippen molar-refractivity contribution in [3.05, 3.63) is 53.2 Å². The first kappa shape index (κ1) is 15.4. The van der Waals surface area contributed by atoms with Crippen LogP contribution in [0.4, 0.5) is 0 Å². The van der Waals surface area contributed by atoms with Gasteiger partial charge in [-0.15, -0.1) is 0 Å². The molecule has 25 heavy (non-hydrogen) atoms. The van der Waals surface area contributed by atoms with Gasteiger partial charge < -0.3 is 24.5 Å². The number of fused-ring (bicyclic) bond motifs is 2. The topological polar surface area (TPSA) is 72.6 Å². The van der Waals surface area contributed by atoms with Gasteiger partial charge in [-0.2, -0.15) is 0 Å². The van der Waals surface area contributed by atoms with Crippen LogP contribution < -0.4 is 19.5 Å². The lowest BCUT2D eigenvalue weighted by Gasteiger charge is -2.07. The number of methoxy groups -OCH3 is 1. The second-order valence-electron chi connectivity index (χ2n) is 5.88. The van der Waals surface area contributed by atoms with Crippen molar-refractivity contribution in [3.63, 3.8) is 0 Å². The van der Waals surface area contributed by atoms with Crippen LogP contribution in [0.5, 0.6) is 17.2 Å². The average molecular weight is 338 g/mol. The Morgan fingerprint density at radius 1 is 1.24 bits per heavy atom. The summed E-state index contributed by atoms with van der Waals surface area (Å²) >= 11 is 0. The van der Waals surface area contributed by atoms with E-state index in [1.165, 1.54) is 0 Å². The van der Waals surface area contributed by atoms with E-state index in [1.807, 2.05) is 43.3 Å². The standard InChI is InChI=1S/C19H18N2O4/c1-11-17(13-4-3-5-15(23-2)18(13)21-11)19(22)20-9-12-6-7-14-16(8-12)25-10-24-14/h3-8,21H,9-10H2,1-2H3,(H,20,22). The third-order valence-corrected chi connectivity index (χ3v) is 4.32. The highest BCUT2D eigenvalue weighted by Gasteiger charge is 2.18. The van der Waals surface area contributed by atoms with Gasteiger partial charge in [-0.1, -0.05) is 18.2 Å². The largest absolute Gasteiger partial charge is 0.495 e. The summed E-state index contributed by atoms with van der Waals surface area (Å²) in [5.41, 5.74) is 3.22. The zero-order valence-electron chi connectivity index (χ0n) is 14.0. The minimum absolute atomic E-state index is 0.130. The zero-order valence-corrected chi connectivity index (χ0v) is 14.0. The predicted molar refractivity (Wildman–Crippen MR) is 93.3 cm³/mol. The van der Waals surface area contributed by atoms with Crippen molar-refractivity contribution < 1.29 is 19.0 Å². The summed E-state index contributed by atoms with van der Waals surface area (Å²) < 4.78 is 16.0. The Kier molecular flexibility index (Phi) is 3.72. The van der Waals surface area contributed by atoms with Crippen molar-refractivity contribution in [2.24, 2.45) is 0 Å². The van der Waals surface area contributed by atoms with Crippen molar-refractivity contribution in [1.29, 1.82) is 0 Å². The fourth-order valence-corrected chi connectivity index (χ4v) is 3.10. The van der Waals surface area contributed by atoms with Gasteiger partial charge in [-0.05, 0) is 30.7 Å². The molecule has 4 rings (SSSR count). The number of hydrogen-bond donors (Lipinski definition) is 2. The summed E-state index contributed by atoms with van der Waals surface area (Å²) in [6.45, 7) is 2.53. The van der Waals surface area contributed by atoms with E-state index in [9.17, 15) is 4.79 Å². The molecule has 0 unspecified atom stereocenters. The first-order chi connectivity index (χ1) is 12.2. The molecule has 0 saturated heterocycles. The van der Waals surface area contributed by atoms with E-state index in [0.29, 0.717) is 17.9 Å². The van der Waals surface area contributed by atoms with Gasteiger partial charge >= 0.3 is 0 Å². The molecular formula is C19H18N2O4. The van der Waals surface area contributed by atoms with Gasteiger partial charge in [0.25, 0.3) is 5.91 Å². The summed E-state index contributed by atoms with van der Waals surface area (Å²) in [4.78, 5) is 16.0. The second kappa shape index (κ2) is 6.05. The van der Waals surface area contributed by atoms with E-state index in [2.05, 4.69) is 10.3 Å². The number of H-pyrrole nitrogens is 1. The monoisotopic (exact) mass is 338 g/mol. The van der Waals surface area contributed by atoms with Crippen LogP contribution in [-0.2, 0) is 6.54 Å². The number of para-hydroxylation sites is 1. The van der Waals surface area contributed by atoms with Crippen LogP contribution in [0.3, 0.4) is 0 Å². The number of rotatable bonds is 4. The van der Waals surface area contributed by atoms with Crippen LogP contribution in [0.2, 0.25) is 0 Å². The van der Waals surface area contributed by atoms with E-state index in [0.717, 1.165) is 33.7 Å². The van der Waals surface area contributed by atoms with Crippen molar-refractivity contribution >= 4 is 16.8 Å². The first-order valence-electron chi connectivity index (χ1n) is 7.99. The number of benzene rings is 2. The quantitative estimate of drug-likeness (QED) is 0.766. The molecule has 0 aliphatic carbocycles. The Bertz CT molecular complexity index is 961. The van der Waals surface area contributed by atoms with Crippen molar-refractivity contribution in [3.8, 4) is 17.2 Å². The van der Waals surface area contributed by atoms with Gasteiger partial charge in [0.15, 0.2) is 11.5 Å². The van der Waals surface area contributed by atoms with Gasteiger partial charge in [-0.25, -0.2) is 0 Å². The maximum atomic E-state index is 12.7. The summed E-state index contributed by atoms with van der Waals surface area (Å²) in [6.07, 6.45) is 0. The Morgan fingerprint density at radius 2 is 2.08 bits per heavy atom. The van der Waals surface area contributed by atoms with Crippen LogP contribution in [-0.4, -0.2) is 24.8 Å². The molecular weight excluding hydrogens is 320 g/mol. The van der Waals surface area contributed by atoms with Crippen LogP contribution in [0.1, 0.15) is 21.6 Å². The van der Waals surface area contributed by atoms with Crippen molar-refractivity contribution in [1.82, 2.24) is 10.3 Å². The minimum atomic E-state index is -0.130. The lowest BCUT2D eigenvalue weighted by Crippen LogP contribution is -2.23. The first-order valence-corrected chi connectivity index (χ1v) is 7.99. The maximum Gasteiger partial charge on any atom is 0.253 e. The van der Waals surface area contributed by atoms with Crippen LogP contribution >= 0.6 is 0 Å². The molecule has 6 heteroatoms. The molecule has 2 N–H and O–H groups in total. The zero-order chi connectivity index (χ0) is 17.4. The number of aromatic nitrogens is 1. The minimum Gasteiger partial charge on any atom is -0.495 e. The summed E-state index contributed by atoms with van der Waals surface area (Å²) in [7, 11) is 1.62. The number of hydrogen-bond acceptors (Lipinski definition) is 4. The number of carbonyl (C=O) groups excluding carboxylic acids is 1. The molecule has 128 valence electrons. The van der Waals surface area contributed by atoms with Gasteiger partial charge in [0.2, 0.25) is 6.79 Å². The average Bonchev–Trinajstić information content (AvgIpc) is 3.22. The molecule has 1 aliphatic heterocycles. The summed E-state index contributed by atoms with van der Waals surface area (Å²) in [5, 5.41) is 3.81. The molecule has 3 aromatic rings. The van der Waals surface area contributed by atoms with E-state index >= 15 is 0 Å². The highest BCUT2D eigenvalue weighted by Crippen LogP contribution is 2.33. The van der Waals surface area contributed by atoms with Gasteiger partial charge in [0.05, 0.1) is 18.2 Å². The Morgan fingerprint density at radius 3 is 2.92 bits per heavy atom.